The number of thioether (sulfide) groups is 1. The van der Waals surface area contributed by atoms with E-state index < -0.39 is 0 Å². The van der Waals surface area contributed by atoms with Crippen LogP contribution in [0.3, 0.4) is 0 Å². The third kappa shape index (κ3) is 5.43. The summed E-state index contributed by atoms with van der Waals surface area (Å²) < 4.78 is 2.21. The number of carbonyl (C=O) groups is 1. The molecule has 1 heterocycles. The number of amides is 1. The van der Waals surface area contributed by atoms with Crippen LogP contribution in [0.5, 0.6) is 0 Å². The highest BCUT2D eigenvalue weighted by Gasteiger charge is 2.24. The Morgan fingerprint density at radius 3 is 2.83 bits per heavy atom. The SMILES string of the molecule is CCCCn1c(SCC(=O)NC2CCCc3ccccc32)nnc1C(CC)N(C)C. The van der Waals surface area contributed by atoms with Crippen molar-refractivity contribution in [3.8, 4) is 0 Å². The standard InChI is InChI=1S/C23H35N5OS/c1-5-7-15-28-22(20(6-2)27(3)4)25-26-23(28)30-16-21(29)24-19-14-10-12-17-11-8-9-13-18(17)19/h8-9,11,13,19-20H,5-7,10,12,14-16H2,1-4H3,(H,24,29). The molecule has 6 nitrogen and oxygen atoms in total. The Balaban J connectivity index is 1.66. The molecule has 1 aliphatic carbocycles. The molecule has 0 aliphatic heterocycles. The van der Waals surface area contributed by atoms with Crippen molar-refractivity contribution in [2.24, 2.45) is 0 Å². The lowest BCUT2D eigenvalue weighted by atomic mass is 9.88. The van der Waals surface area contributed by atoms with Crippen LogP contribution < -0.4 is 5.32 Å². The zero-order chi connectivity index (χ0) is 21.5. The van der Waals surface area contributed by atoms with E-state index in [4.69, 9.17) is 0 Å². The fourth-order valence-corrected chi connectivity index (χ4v) is 5.01. The topological polar surface area (TPSA) is 63.1 Å². The first kappa shape index (κ1) is 22.8. The molecule has 2 atom stereocenters. The Bertz CT molecular complexity index is 835. The highest BCUT2D eigenvalue weighted by molar-refractivity contribution is 7.99. The van der Waals surface area contributed by atoms with Crippen LogP contribution in [-0.4, -0.2) is 45.4 Å². The van der Waals surface area contributed by atoms with E-state index in [1.165, 1.54) is 22.9 Å². The van der Waals surface area contributed by atoms with Crippen molar-refractivity contribution in [3.63, 3.8) is 0 Å². The minimum absolute atomic E-state index is 0.0629. The number of carbonyl (C=O) groups excluding carboxylic acids is 1. The number of hydrogen-bond acceptors (Lipinski definition) is 5. The number of benzene rings is 1. The molecule has 1 aromatic heterocycles. The fraction of sp³-hybridized carbons (Fsp3) is 0.609. The molecule has 1 N–H and O–H groups in total. The highest BCUT2D eigenvalue weighted by atomic mass is 32.2. The second kappa shape index (κ2) is 11.0. The second-order valence-corrected chi connectivity index (χ2v) is 9.18. The number of nitrogens with zero attached hydrogens (tertiary/aromatic N) is 4. The summed E-state index contributed by atoms with van der Waals surface area (Å²) in [5.41, 5.74) is 2.63. The van der Waals surface area contributed by atoms with Crippen LogP contribution in [0.4, 0.5) is 0 Å². The Labute approximate surface area is 184 Å². The number of aromatic nitrogens is 3. The van der Waals surface area contributed by atoms with Crippen LogP contribution in [0.25, 0.3) is 0 Å². The molecule has 7 heteroatoms. The van der Waals surface area contributed by atoms with E-state index in [0.29, 0.717) is 5.75 Å². The van der Waals surface area contributed by atoms with Gasteiger partial charge in [-0.3, -0.25) is 9.69 Å². The molecule has 2 unspecified atom stereocenters. The van der Waals surface area contributed by atoms with E-state index in [-0.39, 0.29) is 18.0 Å². The van der Waals surface area contributed by atoms with Crippen LogP contribution in [0.1, 0.15) is 75.0 Å². The van der Waals surface area contributed by atoms with E-state index in [1.54, 1.807) is 0 Å². The maximum absolute atomic E-state index is 12.7. The molecule has 0 spiro atoms. The quantitative estimate of drug-likeness (QED) is 0.568. The van der Waals surface area contributed by atoms with Crippen molar-refractivity contribution in [2.45, 2.75) is 76.2 Å². The summed E-state index contributed by atoms with van der Waals surface area (Å²) in [7, 11) is 4.16. The van der Waals surface area contributed by atoms with Gasteiger partial charge < -0.3 is 9.88 Å². The first-order valence-corrected chi connectivity index (χ1v) is 12.1. The minimum atomic E-state index is 0.0629. The average Bonchev–Trinajstić information content (AvgIpc) is 3.13. The predicted molar refractivity (Wildman–Crippen MR) is 123 cm³/mol. The van der Waals surface area contributed by atoms with Crippen LogP contribution >= 0.6 is 11.8 Å². The zero-order valence-corrected chi connectivity index (χ0v) is 19.5. The van der Waals surface area contributed by atoms with E-state index in [2.05, 4.69) is 77.2 Å². The van der Waals surface area contributed by atoms with Gasteiger partial charge in [-0.25, -0.2) is 0 Å². The summed E-state index contributed by atoms with van der Waals surface area (Å²) >= 11 is 1.49. The van der Waals surface area contributed by atoms with Gasteiger partial charge in [0.25, 0.3) is 0 Å². The molecule has 1 aliphatic rings. The Morgan fingerprint density at radius 1 is 1.30 bits per heavy atom. The summed E-state index contributed by atoms with van der Waals surface area (Å²) in [4.78, 5) is 14.9. The molecule has 0 saturated carbocycles. The molecular formula is C23H35N5OS. The van der Waals surface area contributed by atoms with Gasteiger partial charge in [0.15, 0.2) is 11.0 Å². The molecule has 1 aromatic carbocycles. The third-order valence-electron chi connectivity index (χ3n) is 5.83. The van der Waals surface area contributed by atoms with Crippen molar-refractivity contribution >= 4 is 17.7 Å². The molecule has 0 fully saturated rings. The lowest BCUT2D eigenvalue weighted by molar-refractivity contribution is -0.119. The third-order valence-corrected chi connectivity index (χ3v) is 6.79. The maximum atomic E-state index is 12.7. The number of aryl methyl sites for hydroxylation is 1. The number of hydrogen-bond donors (Lipinski definition) is 1. The molecule has 30 heavy (non-hydrogen) atoms. The Hall–Kier alpha value is -1.86. The van der Waals surface area contributed by atoms with E-state index >= 15 is 0 Å². The molecular weight excluding hydrogens is 394 g/mol. The van der Waals surface area contributed by atoms with Gasteiger partial charge in [0.2, 0.25) is 5.91 Å². The molecule has 0 radical (unpaired) electrons. The summed E-state index contributed by atoms with van der Waals surface area (Å²) in [6, 6.07) is 8.81. The van der Waals surface area contributed by atoms with Crippen molar-refractivity contribution < 1.29 is 4.79 Å². The van der Waals surface area contributed by atoms with Gasteiger partial charge in [-0.05, 0) is 57.3 Å². The van der Waals surface area contributed by atoms with E-state index in [0.717, 1.165) is 56.1 Å². The van der Waals surface area contributed by atoms with Crippen LogP contribution in [0, 0.1) is 0 Å². The molecule has 0 bridgehead atoms. The molecule has 1 amide bonds. The number of rotatable bonds is 10. The lowest BCUT2D eigenvalue weighted by Gasteiger charge is -2.26. The summed E-state index contributed by atoms with van der Waals surface area (Å²) in [6.45, 7) is 5.25. The minimum Gasteiger partial charge on any atom is -0.349 e. The van der Waals surface area contributed by atoms with Crippen LogP contribution in [0.15, 0.2) is 29.4 Å². The van der Waals surface area contributed by atoms with Crippen molar-refractivity contribution in [1.82, 2.24) is 25.0 Å². The smallest absolute Gasteiger partial charge is 0.230 e. The number of nitrogens with one attached hydrogen (secondary N) is 1. The normalized spacial score (nSPS) is 17.0. The largest absolute Gasteiger partial charge is 0.349 e. The highest BCUT2D eigenvalue weighted by Crippen LogP contribution is 2.30. The maximum Gasteiger partial charge on any atom is 0.230 e. The van der Waals surface area contributed by atoms with Gasteiger partial charge in [-0.15, -0.1) is 10.2 Å². The zero-order valence-electron chi connectivity index (χ0n) is 18.7. The summed E-state index contributed by atoms with van der Waals surface area (Å²) in [6.07, 6.45) is 6.39. The van der Waals surface area contributed by atoms with Gasteiger partial charge in [-0.1, -0.05) is 56.3 Å². The fourth-order valence-electron chi connectivity index (χ4n) is 4.23. The average molecular weight is 430 g/mol. The predicted octanol–water partition coefficient (Wildman–Crippen LogP) is 4.38. The molecule has 2 aromatic rings. The molecule has 3 rings (SSSR count). The van der Waals surface area contributed by atoms with Gasteiger partial charge in [-0.2, -0.15) is 0 Å². The lowest BCUT2D eigenvalue weighted by Crippen LogP contribution is -2.32. The first-order chi connectivity index (χ1) is 14.5. The van der Waals surface area contributed by atoms with Gasteiger partial charge in [0.1, 0.15) is 0 Å². The van der Waals surface area contributed by atoms with Crippen molar-refractivity contribution in [2.75, 3.05) is 19.8 Å². The van der Waals surface area contributed by atoms with Crippen molar-refractivity contribution in [3.05, 3.63) is 41.2 Å². The molecule has 164 valence electrons. The Kier molecular flexibility index (Phi) is 8.33. The van der Waals surface area contributed by atoms with Crippen LogP contribution in [-0.2, 0) is 17.8 Å². The van der Waals surface area contributed by atoms with E-state index in [1.807, 2.05) is 0 Å². The summed E-state index contributed by atoms with van der Waals surface area (Å²) in [5.74, 6) is 1.43. The second-order valence-electron chi connectivity index (χ2n) is 8.23. The van der Waals surface area contributed by atoms with Gasteiger partial charge in [0.05, 0.1) is 17.8 Å². The van der Waals surface area contributed by atoms with Crippen LogP contribution in [0.2, 0.25) is 0 Å². The number of fused-ring (bicyclic) bond motifs is 1. The van der Waals surface area contributed by atoms with Gasteiger partial charge >= 0.3 is 0 Å². The summed E-state index contributed by atoms with van der Waals surface area (Å²) in [5, 5.41) is 13.0. The molecule has 0 saturated heterocycles. The first-order valence-electron chi connectivity index (χ1n) is 11.1. The monoisotopic (exact) mass is 429 g/mol. The number of unbranched alkanes of at least 4 members (excludes halogenated alkanes) is 1. The van der Waals surface area contributed by atoms with Gasteiger partial charge in [0, 0.05) is 6.54 Å². The van der Waals surface area contributed by atoms with Crippen molar-refractivity contribution in [1.29, 1.82) is 0 Å². The van der Waals surface area contributed by atoms with E-state index in [9.17, 15) is 4.79 Å². The Morgan fingerprint density at radius 2 is 2.10 bits per heavy atom.